The molecule has 2 N–H and O–H groups in total. The van der Waals surface area contributed by atoms with Crippen molar-refractivity contribution in [3.63, 3.8) is 0 Å². The van der Waals surface area contributed by atoms with Gasteiger partial charge in [-0.3, -0.25) is 0 Å². The highest BCUT2D eigenvalue weighted by Gasteiger charge is 2.68. The van der Waals surface area contributed by atoms with E-state index in [4.69, 9.17) is 9.47 Å². The molecule has 0 aromatic rings. The van der Waals surface area contributed by atoms with Crippen LogP contribution in [0.4, 0.5) is 0 Å². The quantitative estimate of drug-likeness (QED) is 0.705. The molecule has 1 spiro atoms. The summed E-state index contributed by atoms with van der Waals surface area (Å²) in [5.74, 6) is 1.56. The Morgan fingerprint density at radius 2 is 1.56 bits per heavy atom. The van der Waals surface area contributed by atoms with Gasteiger partial charge in [0.25, 0.3) is 0 Å². The van der Waals surface area contributed by atoms with Crippen molar-refractivity contribution in [2.45, 2.75) is 83.2 Å². The molecule has 4 nitrogen and oxygen atoms in total. The van der Waals surface area contributed by atoms with Gasteiger partial charge in [0.2, 0.25) is 0 Å². The molecule has 5 fully saturated rings. The lowest BCUT2D eigenvalue weighted by Gasteiger charge is -2.62. The van der Waals surface area contributed by atoms with E-state index < -0.39 is 0 Å². The van der Waals surface area contributed by atoms with E-state index in [1.165, 1.54) is 6.42 Å². The first-order valence-electron chi connectivity index (χ1n) is 10.5. The molecule has 0 aromatic heterocycles. The van der Waals surface area contributed by atoms with Crippen molar-refractivity contribution in [2.24, 2.45) is 34.5 Å². The number of aliphatic hydroxyl groups is 2. The van der Waals surface area contributed by atoms with Gasteiger partial charge in [0.05, 0.1) is 25.4 Å². The van der Waals surface area contributed by atoms with E-state index in [1.54, 1.807) is 0 Å². The molecule has 5 rings (SSSR count). The maximum Gasteiger partial charge on any atom is 0.174 e. The summed E-state index contributed by atoms with van der Waals surface area (Å²) in [5, 5.41) is 21.3. The van der Waals surface area contributed by atoms with Crippen LogP contribution in [-0.4, -0.2) is 41.4 Å². The van der Waals surface area contributed by atoms with Crippen LogP contribution in [0.2, 0.25) is 0 Å². The highest BCUT2D eigenvalue weighted by Crippen LogP contribution is 2.69. The smallest absolute Gasteiger partial charge is 0.174 e. The number of rotatable bonds is 0. The number of aliphatic hydroxyl groups excluding tert-OH is 2. The van der Waals surface area contributed by atoms with E-state index >= 15 is 0 Å². The first kappa shape index (κ1) is 17.0. The molecule has 4 saturated carbocycles. The first-order valence-corrected chi connectivity index (χ1v) is 10.5. The summed E-state index contributed by atoms with van der Waals surface area (Å²) < 4.78 is 12.4. The number of fused-ring (bicyclic) bond motifs is 6. The second-order valence-corrected chi connectivity index (χ2v) is 10.2. The van der Waals surface area contributed by atoms with Crippen LogP contribution in [0.25, 0.3) is 0 Å². The van der Waals surface area contributed by atoms with E-state index in [1.807, 2.05) is 0 Å². The van der Waals surface area contributed by atoms with Crippen LogP contribution >= 0.6 is 0 Å². The highest BCUT2D eigenvalue weighted by molar-refractivity contribution is 5.14. The summed E-state index contributed by atoms with van der Waals surface area (Å²) in [4.78, 5) is 0. The fraction of sp³-hybridized carbons (Fsp3) is 1.00. The minimum atomic E-state index is -0.386. The van der Waals surface area contributed by atoms with Crippen molar-refractivity contribution in [2.75, 3.05) is 13.2 Å². The molecular weight excluding hydrogens is 316 g/mol. The first-order chi connectivity index (χ1) is 11.9. The van der Waals surface area contributed by atoms with Gasteiger partial charge < -0.3 is 19.7 Å². The molecule has 0 amide bonds. The van der Waals surface area contributed by atoms with Crippen LogP contribution < -0.4 is 0 Å². The maximum absolute atomic E-state index is 11.2. The fourth-order valence-electron chi connectivity index (χ4n) is 8.09. The molecule has 8 atom stereocenters. The van der Waals surface area contributed by atoms with Gasteiger partial charge in [0.1, 0.15) is 0 Å². The van der Waals surface area contributed by atoms with Crippen molar-refractivity contribution in [1.82, 2.24) is 0 Å². The average molecular weight is 350 g/mol. The Balaban J connectivity index is 1.49. The SMILES string of the molecule is C[C@]12CC[C@H](O)CC1CC(O)C1C2CC[C@@]2(C)C1CCC21OCCO1. The molecule has 0 radical (unpaired) electrons. The predicted molar refractivity (Wildman–Crippen MR) is 93.8 cm³/mol. The van der Waals surface area contributed by atoms with Gasteiger partial charge in [-0.05, 0) is 74.0 Å². The summed E-state index contributed by atoms with van der Waals surface area (Å²) in [6.45, 7) is 6.27. The maximum atomic E-state index is 11.2. The zero-order valence-corrected chi connectivity index (χ0v) is 15.7. The summed E-state index contributed by atoms with van der Waals surface area (Å²) in [6.07, 6.45) is 7.85. The van der Waals surface area contributed by atoms with Crippen LogP contribution in [0.1, 0.15) is 65.2 Å². The standard InChI is InChI=1S/C21H34O4/c1-19-6-3-14(22)11-13(19)12-17(23)18-15(19)4-7-20(2)16(18)5-8-21(20)24-9-10-25-21/h13-18,22-23H,3-12H2,1-2H3/t13?,14-,15?,16?,17?,18?,19-,20-/m0/s1. The largest absolute Gasteiger partial charge is 0.393 e. The molecule has 142 valence electrons. The molecule has 0 aromatic carbocycles. The van der Waals surface area contributed by atoms with Gasteiger partial charge in [-0.25, -0.2) is 0 Å². The third-order valence-corrected chi connectivity index (χ3v) is 9.45. The van der Waals surface area contributed by atoms with Crippen LogP contribution in [0.15, 0.2) is 0 Å². The second-order valence-electron chi connectivity index (χ2n) is 10.2. The van der Waals surface area contributed by atoms with Crippen molar-refractivity contribution >= 4 is 0 Å². The summed E-state index contributed by atoms with van der Waals surface area (Å²) in [7, 11) is 0. The van der Waals surface area contributed by atoms with Crippen molar-refractivity contribution in [1.29, 1.82) is 0 Å². The van der Waals surface area contributed by atoms with Crippen molar-refractivity contribution < 1.29 is 19.7 Å². The van der Waals surface area contributed by atoms with Gasteiger partial charge in [0, 0.05) is 11.8 Å². The van der Waals surface area contributed by atoms with E-state index in [0.29, 0.717) is 23.7 Å². The minimum absolute atomic E-state index is 0.0447. The molecule has 1 heterocycles. The molecule has 5 aliphatic rings. The second kappa shape index (κ2) is 5.43. The molecule has 1 saturated heterocycles. The van der Waals surface area contributed by atoms with Crippen LogP contribution in [-0.2, 0) is 9.47 Å². The Labute approximate surface area is 151 Å². The topological polar surface area (TPSA) is 58.9 Å². The van der Waals surface area contributed by atoms with E-state index in [0.717, 1.165) is 58.2 Å². The lowest BCUT2D eigenvalue weighted by molar-refractivity contribution is -0.256. The normalized spacial score (nSPS) is 57.1. The number of hydrogen-bond donors (Lipinski definition) is 2. The molecule has 0 bridgehead atoms. The van der Waals surface area contributed by atoms with E-state index in [-0.39, 0.29) is 28.8 Å². The zero-order chi connectivity index (χ0) is 17.4. The molecule has 1 aliphatic heterocycles. The fourth-order valence-corrected chi connectivity index (χ4v) is 8.09. The third kappa shape index (κ3) is 2.09. The van der Waals surface area contributed by atoms with Gasteiger partial charge in [-0.2, -0.15) is 0 Å². The minimum Gasteiger partial charge on any atom is -0.393 e. The Morgan fingerprint density at radius 3 is 2.32 bits per heavy atom. The van der Waals surface area contributed by atoms with E-state index in [2.05, 4.69) is 13.8 Å². The third-order valence-electron chi connectivity index (χ3n) is 9.45. The van der Waals surface area contributed by atoms with Crippen molar-refractivity contribution in [3.8, 4) is 0 Å². The highest BCUT2D eigenvalue weighted by atomic mass is 16.7. The van der Waals surface area contributed by atoms with Crippen LogP contribution in [0.3, 0.4) is 0 Å². The summed E-state index contributed by atoms with van der Waals surface area (Å²) >= 11 is 0. The Kier molecular flexibility index (Phi) is 3.69. The number of hydrogen-bond acceptors (Lipinski definition) is 4. The zero-order valence-electron chi connectivity index (χ0n) is 15.7. The Hall–Kier alpha value is -0.160. The van der Waals surface area contributed by atoms with Crippen LogP contribution in [0, 0.1) is 34.5 Å². The van der Waals surface area contributed by atoms with E-state index in [9.17, 15) is 10.2 Å². The Morgan fingerprint density at radius 1 is 0.840 bits per heavy atom. The summed E-state index contributed by atoms with van der Waals surface area (Å²) in [5.41, 5.74) is 0.334. The monoisotopic (exact) mass is 350 g/mol. The van der Waals surface area contributed by atoms with Crippen molar-refractivity contribution in [3.05, 3.63) is 0 Å². The van der Waals surface area contributed by atoms with Gasteiger partial charge in [-0.15, -0.1) is 0 Å². The summed E-state index contributed by atoms with van der Waals surface area (Å²) in [6, 6.07) is 0. The lowest BCUT2D eigenvalue weighted by Crippen LogP contribution is -2.60. The number of ether oxygens (including phenoxy) is 2. The van der Waals surface area contributed by atoms with Crippen LogP contribution in [0.5, 0.6) is 0 Å². The molecule has 4 heteroatoms. The van der Waals surface area contributed by atoms with Gasteiger partial charge in [0.15, 0.2) is 5.79 Å². The molecule has 5 unspecified atom stereocenters. The van der Waals surface area contributed by atoms with Gasteiger partial charge >= 0.3 is 0 Å². The average Bonchev–Trinajstić information content (AvgIpc) is 3.17. The molecule has 4 aliphatic carbocycles. The molecular formula is C21H34O4. The molecule has 25 heavy (non-hydrogen) atoms. The lowest BCUT2D eigenvalue weighted by atomic mass is 9.44. The Bertz CT molecular complexity index is 544. The van der Waals surface area contributed by atoms with Gasteiger partial charge in [-0.1, -0.05) is 13.8 Å². The predicted octanol–water partition coefficient (Wildman–Crippen LogP) is 3.10.